The van der Waals surface area contributed by atoms with Crippen molar-refractivity contribution < 1.29 is 13.2 Å². The number of hydrogen-bond acceptors (Lipinski definition) is 3. The first kappa shape index (κ1) is 17.9. The number of carbonyl (C=O) groups is 1. The Morgan fingerprint density at radius 2 is 1.87 bits per heavy atom. The zero-order chi connectivity index (χ0) is 17.2. The van der Waals surface area contributed by atoms with Crippen molar-refractivity contribution in [3.8, 4) is 0 Å². The van der Waals surface area contributed by atoms with Gasteiger partial charge in [-0.1, -0.05) is 23.8 Å². The van der Waals surface area contributed by atoms with Crippen LogP contribution in [0.2, 0.25) is 0 Å². The molecule has 23 heavy (non-hydrogen) atoms. The van der Waals surface area contributed by atoms with E-state index in [0.29, 0.717) is 25.9 Å². The number of carbonyl (C=O) groups excluding carboxylic acids is 1. The lowest BCUT2D eigenvalue weighted by molar-refractivity contribution is -0.126. The molecule has 6 heteroatoms. The summed E-state index contributed by atoms with van der Waals surface area (Å²) in [4.78, 5) is 12.4. The predicted molar refractivity (Wildman–Crippen MR) is 91.6 cm³/mol. The molecule has 1 saturated heterocycles. The van der Waals surface area contributed by atoms with Crippen LogP contribution < -0.4 is 5.32 Å². The summed E-state index contributed by atoms with van der Waals surface area (Å²) >= 11 is 0. The summed E-state index contributed by atoms with van der Waals surface area (Å²) < 4.78 is 24.5. The Hall–Kier alpha value is -1.40. The minimum atomic E-state index is -3.15. The number of amides is 1. The van der Waals surface area contributed by atoms with Gasteiger partial charge in [0.25, 0.3) is 0 Å². The van der Waals surface area contributed by atoms with Gasteiger partial charge in [0.1, 0.15) is 0 Å². The predicted octanol–water partition coefficient (Wildman–Crippen LogP) is 2.15. The third-order valence-corrected chi connectivity index (χ3v) is 5.85. The number of benzene rings is 1. The van der Waals surface area contributed by atoms with Gasteiger partial charge in [0.15, 0.2) is 0 Å². The number of sulfonamides is 1. The molecule has 0 aromatic heterocycles. The fourth-order valence-corrected chi connectivity index (χ4v) is 4.04. The van der Waals surface area contributed by atoms with Crippen molar-refractivity contribution in [2.24, 2.45) is 5.92 Å². The molecule has 1 atom stereocenters. The van der Waals surface area contributed by atoms with Gasteiger partial charge >= 0.3 is 0 Å². The SMILES string of the molecule is Cc1ccc([C@@H](C)NC(=O)C2CCN(S(C)(=O)=O)CC2)c(C)c1. The number of piperidine rings is 1. The van der Waals surface area contributed by atoms with E-state index in [2.05, 4.69) is 37.4 Å². The molecule has 1 fully saturated rings. The number of hydrogen-bond donors (Lipinski definition) is 1. The summed E-state index contributed by atoms with van der Waals surface area (Å²) in [5.74, 6) is -0.0909. The molecule has 1 aliphatic heterocycles. The summed E-state index contributed by atoms with van der Waals surface area (Å²) in [6, 6.07) is 6.18. The van der Waals surface area contributed by atoms with Gasteiger partial charge in [0.05, 0.1) is 12.3 Å². The normalized spacial score (nSPS) is 18.6. The first-order valence-corrected chi connectivity index (χ1v) is 9.86. The highest BCUT2D eigenvalue weighted by Crippen LogP contribution is 2.22. The van der Waals surface area contributed by atoms with Crippen molar-refractivity contribution in [1.29, 1.82) is 0 Å². The lowest BCUT2D eigenvalue weighted by atomic mass is 9.95. The third kappa shape index (κ3) is 4.54. The van der Waals surface area contributed by atoms with Crippen LogP contribution in [0.3, 0.4) is 0 Å². The van der Waals surface area contributed by atoms with Crippen molar-refractivity contribution in [3.05, 3.63) is 34.9 Å². The standard InChI is InChI=1S/C17H26N2O3S/c1-12-5-6-16(13(2)11-12)14(3)18-17(20)15-7-9-19(10-8-15)23(4,21)22/h5-6,11,14-15H,7-10H2,1-4H3,(H,18,20)/t14-/m1/s1. The maximum absolute atomic E-state index is 12.4. The van der Waals surface area contributed by atoms with Gasteiger partial charge in [-0.3, -0.25) is 4.79 Å². The van der Waals surface area contributed by atoms with Crippen molar-refractivity contribution in [2.75, 3.05) is 19.3 Å². The number of aryl methyl sites for hydroxylation is 2. The second-order valence-corrected chi connectivity index (χ2v) is 8.51. The first-order valence-electron chi connectivity index (χ1n) is 8.01. The van der Waals surface area contributed by atoms with Gasteiger partial charge in [0, 0.05) is 19.0 Å². The molecule has 1 N–H and O–H groups in total. The summed E-state index contributed by atoms with van der Waals surface area (Å²) in [7, 11) is -3.15. The van der Waals surface area contributed by atoms with E-state index in [1.807, 2.05) is 6.92 Å². The fourth-order valence-electron chi connectivity index (χ4n) is 3.17. The second kappa shape index (κ2) is 7.01. The molecule has 0 bridgehead atoms. The molecule has 0 radical (unpaired) electrons. The molecule has 1 aromatic carbocycles. The highest BCUT2D eigenvalue weighted by atomic mass is 32.2. The fraction of sp³-hybridized carbons (Fsp3) is 0.588. The maximum Gasteiger partial charge on any atom is 0.223 e. The van der Waals surface area contributed by atoms with Gasteiger partial charge < -0.3 is 5.32 Å². The van der Waals surface area contributed by atoms with E-state index < -0.39 is 10.0 Å². The summed E-state index contributed by atoms with van der Waals surface area (Å²) in [5.41, 5.74) is 3.50. The van der Waals surface area contributed by atoms with Crippen LogP contribution in [-0.4, -0.2) is 38.0 Å². The van der Waals surface area contributed by atoms with Crippen LogP contribution in [0, 0.1) is 19.8 Å². The molecule has 0 spiro atoms. The van der Waals surface area contributed by atoms with E-state index in [4.69, 9.17) is 0 Å². The van der Waals surface area contributed by atoms with E-state index in [1.54, 1.807) is 0 Å². The molecule has 0 aliphatic carbocycles. The van der Waals surface area contributed by atoms with Crippen LogP contribution in [-0.2, 0) is 14.8 Å². The van der Waals surface area contributed by atoms with Gasteiger partial charge in [-0.05, 0) is 44.7 Å². The topological polar surface area (TPSA) is 66.5 Å². The molecule has 128 valence electrons. The summed E-state index contributed by atoms with van der Waals surface area (Å²) in [6.45, 7) is 6.94. The van der Waals surface area contributed by atoms with Crippen molar-refractivity contribution in [3.63, 3.8) is 0 Å². The average Bonchev–Trinajstić information content (AvgIpc) is 2.46. The molecular weight excluding hydrogens is 312 g/mol. The lowest BCUT2D eigenvalue weighted by Gasteiger charge is -2.30. The van der Waals surface area contributed by atoms with Crippen LogP contribution in [0.4, 0.5) is 0 Å². The monoisotopic (exact) mass is 338 g/mol. The Morgan fingerprint density at radius 1 is 1.26 bits per heavy atom. The number of nitrogens with zero attached hydrogens (tertiary/aromatic N) is 1. The molecule has 1 amide bonds. The number of nitrogens with one attached hydrogen (secondary N) is 1. The molecule has 2 rings (SSSR count). The van der Waals surface area contributed by atoms with Crippen LogP contribution in [0.15, 0.2) is 18.2 Å². The summed E-state index contributed by atoms with van der Waals surface area (Å²) in [5, 5.41) is 3.07. The van der Waals surface area contributed by atoms with Gasteiger partial charge in [-0.25, -0.2) is 12.7 Å². The van der Waals surface area contributed by atoms with E-state index in [1.165, 1.54) is 21.7 Å². The van der Waals surface area contributed by atoms with E-state index in [0.717, 1.165) is 5.56 Å². The minimum Gasteiger partial charge on any atom is -0.349 e. The molecule has 1 aliphatic rings. The molecule has 1 heterocycles. The zero-order valence-electron chi connectivity index (χ0n) is 14.3. The van der Waals surface area contributed by atoms with Crippen LogP contribution >= 0.6 is 0 Å². The van der Waals surface area contributed by atoms with E-state index in [-0.39, 0.29) is 17.9 Å². The van der Waals surface area contributed by atoms with Gasteiger partial charge in [-0.15, -0.1) is 0 Å². The van der Waals surface area contributed by atoms with Crippen molar-refractivity contribution in [1.82, 2.24) is 9.62 Å². The molecule has 0 saturated carbocycles. The lowest BCUT2D eigenvalue weighted by Crippen LogP contribution is -2.43. The first-order chi connectivity index (χ1) is 10.7. The number of rotatable bonds is 4. The molecule has 1 aromatic rings. The van der Waals surface area contributed by atoms with Crippen LogP contribution in [0.5, 0.6) is 0 Å². The Morgan fingerprint density at radius 3 is 2.39 bits per heavy atom. The molecule has 5 nitrogen and oxygen atoms in total. The van der Waals surface area contributed by atoms with Crippen molar-refractivity contribution >= 4 is 15.9 Å². The Bertz CT molecular complexity index is 677. The van der Waals surface area contributed by atoms with E-state index >= 15 is 0 Å². The maximum atomic E-state index is 12.4. The third-order valence-electron chi connectivity index (χ3n) is 4.54. The van der Waals surface area contributed by atoms with Crippen LogP contribution in [0.25, 0.3) is 0 Å². The minimum absolute atomic E-state index is 0.0191. The van der Waals surface area contributed by atoms with Gasteiger partial charge in [0.2, 0.25) is 15.9 Å². The smallest absolute Gasteiger partial charge is 0.223 e. The Balaban J connectivity index is 1.95. The van der Waals surface area contributed by atoms with Crippen LogP contribution in [0.1, 0.15) is 42.5 Å². The Kier molecular flexibility index (Phi) is 5.47. The zero-order valence-corrected chi connectivity index (χ0v) is 15.1. The van der Waals surface area contributed by atoms with Gasteiger partial charge in [-0.2, -0.15) is 0 Å². The highest BCUT2D eigenvalue weighted by molar-refractivity contribution is 7.88. The van der Waals surface area contributed by atoms with E-state index in [9.17, 15) is 13.2 Å². The van der Waals surface area contributed by atoms with Crippen molar-refractivity contribution in [2.45, 2.75) is 39.7 Å². The average molecular weight is 338 g/mol. The molecule has 0 unspecified atom stereocenters. The Labute approximate surface area is 139 Å². The highest BCUT2D eigenvalue weighted by Gasteiger charge is 2.29. The quantitative estimate of drug-likeness (QED) is 0.915. The molecular formula is C17H26N2O3S. The largest absolute Gasteiger partial charge is 0.349 e. The second-order valence-electron chi connectivity index (χ2n) is 6.53. The summed E-state index contributed by atoms with van der Waals surface area (Å²) in [6.07, 6.45) is 2.38.